The third-order valence-electron chi connectivity index (χ3n) is 4.67. The molecule has 1 N–H and O–H groups in total. The second kappa shape index (κ2) is 9.40. The molecular weight excluding hydrogens is 439 g/mol. The number of carbonyl (C=O) groups excluding carboxylic acids is 1. The lowest BCUT2D eigenvalue weighted by Gasteiger charge is -2.15. The molecule has 7 nitrogen and oxygen atoms in total. The number of hydrogen-bond acceptors (Lipinski definition) is 6. The molecule has 0 aliphatic rings. The zero-order chi connectivity index (χ0) is 24.2. The highest BCUT2D eigenvalue weighted by atomic mass is 19.4. The van der Waals surface area contributed by atoms with Crippen LogP contribution in [0.2, 0.25) is 0 Å². The van der Waals surface area contributed by atoms with E-state index < -0.39 is 34.4 Å². The average molecular weight is 455 g/mol. The number of esters is 1. The van der Waals surface area contributed by atoms with Crippen LogP contribution in [-0.2, 0) is 11.0 Å². The van der Waals surface area contributed by atoms with Crippen LogP contribution in [0.5, 0.6) is 5.75 Å². The summed E-state index contributed by atoms with van der Waals surface area (Å²) in [6.07, 6.45) is -4.74. The number of nitro benzene ring substituents is 1. The summed E-state index contributed by atoms with van der Waals surface area (Å²) >= 11 is 0. The molecule has 0 spiro atoms. The minimum Gasteiger partial charge on any atom is -0.425 e. The molecule has 0 heterocycles. The zero-order valence-corrected chi connectivity index (χ0v) is 17.1. The van der Waals surface area contributed by atoms with Gasteiger partial charge >= 0.3 is 12.1 Å². The Morgan fingerprint density at radius 2 is 1.64 bits per heavy atom. The van der Waals surface area contributed by atoms with Crippen molar-refractivity contribution >= 4 is 17.3 Å². The number of anilines is 1. The maximum absolute atomic E-state index is 12.8. The number of nitrogens with zero attached hydrogens (tertiary/aromatic N) is 2. The first-order valence-corrected chi connectivity index (χ1v) is 9.53. The summed E-state index contributed by atoms with van der Waals surface area (Å²) in [6, 6.07) is 16.4. The highest BCUT2D eigenvalue weighted by Crippen LogP contribution is 2.35. The molecule has 0 aromatic heterocycles. The van der Waals surface area contributed by atoms with Crippen LogP contribution in [-0.4, -0.2) is 16.9 Å². The Morgan fingerprint density at radius 3 is 2.15 bits per heavy atom. The highest BCUT2D eigenvalue weighted by molar-refractivity contribution is 5.82. The van der Waals surface area contributed by atoms with Crippen LogP contribution in [0.4, 0.5) is 24.5 Å². The van der Waals surface area contributed by atoms with E-state index in [0.717, 1.165) is 17.2 Å². The predicted molar refractivity (Wildman–Crippen MR) is 113 cm³/mol. The van der Waals surface area contributed by atoms with Crippen molar-refractivity contribution in [2.24, 2.45) is 0 Å². The van der Waals surface area contributed by atoms with Gasteiger partial charge in [0.15, 0.2) is 0 Å². The van der Waals surface area contributed by atoms with Crippen molar-refractivity contribution in [3.8, 4) is 22.9 Å². The first kappa shape index (κ1) is 23.3. The predicted octanol–water partition coefficient (Wildman–Crippen LogP) is 5.56. The Morgan fingerprint density at radius 1 is 1.06 bits per heavy atom. The van der Waals surface area contributed by atoms with E-state index in [1.807, 2.05) is 6.07 Å². The summed E-state index contributed by atoms with van der Waals surface area (Å²) in [5.74, 6) is -0.566. The lowest BCUT2D eigenvalue weighted by molar-refractivity contribution is -0.384. The number of carbonyl (C=O) groups is 1. The van der Waals surface area contributed by atoms with Crippen molar-refractivity contribution in [3.63, 3.8) is 0 Å². The molecule has 168 valence electrons. The fraction of sp³-hybridized carbons (Fsp3) is 0.130. The van der Waals surface area contributed by atoms with Crippen molar-refractivity contribution in [3.05, 3.63) is 88.0 Å². The van der Waals surface area contributed by atoms with Gasteiger partial charge in [0.25, 0.3) is 5.69 Å². The van der Waals surface area contributed by atoms with E-state index in [9.17, 15) is 28.1 Å². The Labute approximate surface area is 186 Å². The number of nitro groups is 1. The van der Waals surface area contributed by atoms with Gasteiger partial charge in [-0.1, -0.05) is 24.3 Å². The molecule has 33 heavy (non-hydrogen) atoms. The van der Waals surface area contributed by atoms with E-state index in [0.29, 0.717) is 17.7 Å². The molecule has 0 amide bonds. The lowest BCUT2D eigenvalue weighted by Crippen LogP contribution is -2.30. The summed E-state index contributed by atoms with van der Waals surface area (Å²) in [5, 5.41) is 22.6. The van der Waals surface area contributed by atoms with Crippen LogP contribution in [0, 0.1) is 21.4 Å². The van der Waals surface area contributed by atoms with Gasteiger partial charge in [0.1, 0.15) is 17.5 Å². The number of rotatable bonds is 6. The number of benzene rings is 3. The number of nitriles is 1. The van der Waals surface area contributed by atoms with Crippen LogP contribution in [0.15, 0.2) is 66.7 Å². The molecule has 0 aliphatic heterocycles. The van der Waals surface area contributed by atoms with Crippen LogP contribution < -0.4 is 10.1 Å². The Kier molecular flexibility index (Phi) is 6.63. The standard InChI is InChI=1S/C23H16F3N3O4/c1-14(28-20-11-8-18(23(24,25)26)12-21(20)29(31)32)22(30)33-19-9-6-17(7-10-19)16-4-2-15(13-27)3-5-16/h2-12,14,28H,1H3/t14-/m1/s1. The molecule has 0 saturated heterocycles. The molecular formula is C23H16F3N3O4. The van der Waals surface area contributed by atoms with Gasteiger partial charge in [-0.25, -0.2) is 4.79 Å². The van der Waals surface area contributed by atoms with Gasteiger partial charge in [0.05, 0.1) is 22.1 Å². The van der Waals surface area contributed by atoms with E-state index >= 15 is 0 Å². The first-order chi connectivity index (χ1) is 15.6. The minimum absolute atomic E-state index is 0.216. The van der Waals surface area contributed by atoms with Gasteiger partial charge < -0.3 is 10.1 Å². The maximum Gasteiger partial charge on any atom is 0.416 e. The van der Waals surface area contributed by atoms with E-state index in [1.165, 1.54) is 6.92 Å². The number of hydrogen-bond donors (Lipinski definition) is 1. The fourth-order valence-electron chi connectivity index (χ4n) is 2.93. The summed E-state index contributed by atoms with van der Waals surface area (Å²) < 4.78 is 43.8. The topological polar surface area (TPSA) is 105 Å². The number of nitrogens with one attached hydrogen (secondary N) is 1. The molecule has 10 heteroatoms. The van der Waals surface area contributed by atoms with Gasteiger partial charge in [-0.15, -0.1) is 0 Å². The third-order valence-corrected chi connectivity index (χ3v) is 4.67. The van der Waals surface area contributed by atoms with Crippen molar-refractivity contribution < 1.29 is 27.6 Å². The zero-order valence-electron chi connectivity index (χ0n) is 17.1. The summed E-state index contributed by atoms with van der Waals surface area (Å²) in [5.41, 5.74) is -0.0105. The van der Waals surface area contributed by atoms with Crippen LogP contribution >= 0.6 is 0 Å². The van der Waals surface area contributed by atoms with Gasteiger partial charge in [0, 0.05) is 6.07 Å². The first-order valence-electron chi connectivity index (χ1n) is 9.53. The van der Waals surface area contributed by atoms with Crippen molar-refractivity contribution in [1.29, 1.82) is 5.26 Å². The Bertz CT molecular complexity index is 1220. The molecule has 0 fully saturated rings. The monoisotopic (exact) mass is 455 g/mol. The molecule has 1 atom stereocenters. The largest absolute Gasteiger partial charge is 0.425 e. The highest BCUT2D eigenvalue weighted by Gasteiger charge is 2.33. The minimum atomic E-state index is -4.74. The second-order valence-electron chi connectivity index (χ2n) is 6.99. The average Bonchev–Trinajstić information content (AvgIpc) is 2.79. The van der Waals surface area contributed by atoms with Crippen molar-refractivity contribution in [2.45, 2.75) is 19.1 Å². The van der Waals surface area contributed by atoms with Crippen LogP contribution in [0.3, 0.4) is 0 Å². The molecule has 0 aliphatic carbocycles. The van der Waals surface area contributed by atoms with Gasteiger partial charge in [0.2, 0.25) is 0 Å². The molecule has 3 aromatic rings. The van der Waals surface area contributed by atoms with Gasteiger partial charge in [-0.3, -0.25) is 10.1 Å². The maximum atomic E-state index is 12.8. The van der Waals surface area contributed by atoms with E-state index in [4.69, 9.17) is 10.00 Å². The lowest BCUT2D eigenvalue weighted by atomic mass is 10.0. The van der Waals surface area contributed by atoms with E-state index in [-0.39, 0.29) is 11.4 Å². The Balaban J connectivity index is 1.69. The molecule has 0 unspecified atom stereocenters. The molecule has 0 saturated carbocycles. The quantitative estimate of drug-likeness (QED) is 0.226. The normalized spacial score (nSPS) is 11.8. The number of halogens is 3. The Hall–Kier alpha value is -4.39. The summed E-state index contributed by atoms with van der Waals surface area (Å²) in [4.78, 5) is 22.6. The van der Waals surface area contributed by atoms with Gasteiger partial charge in [-0.05, 0) is 54.4 Å². The molecule has 0 radical (unpaired) electrons. The number of ether oxygens (including phenoxy) is 1. The number of alkyl halides is 3. The van der Waals surface area contributed by atoms with Gasteiger partial charge in [-0.2, -0.15) is 18.4 Å². The van der Waals surface area contributed by atoms with Crippen molar-refractivity contribution in [1.82, 2.24) is 0 Å². The fourth-order valence-corrected chi connectivity index (χ4v) is 2.93. The summed E-state index contributed by atoms with van der Waals surface area (Å²) in [7, 11) is 0. The van der Waals surface area contributed by atoms with Crippen LogP contribution in [0.25, 0.3) is 11.1 Å². The van der Waals surface area contributed by atoms with Crippen LogP contribution in [0.1, 0.15) is 18.1 Å². The van der Waals surface area contributed by atoms with E-state index in [1.54, 1.807) is 48.5 Å². The SMILES string of the molecule is C[C@@H](Nc1ccc(C(F)(F)F)cc1[N+](=O)[O-])C(=O)Oc1ccc(-c2ccc(C#N)cc2)cc1. The third kappa shape index (κ3) is 5.65. The molecule has 3 aromatic carbocycles. The second-order valence-corrected chi connectivity index (χ2v) is 6.99. The van der Waals surface area contributed by atoms with E-state index in [2.05, 4.69) is 5.32 Å². The molecule has 3 rings (SSSR count). The molecule has 0 bridgehead atoms. The smallest absolute Gasteiger partial charge is 0.416 e. The summed E-state index contributed by atoms with van der Waals surface area (Å²) in [6.45, 7) is 1.37. The van der Waals surface area contributed by atoms with Crippen molar-refractivity contribution in [2.75, 3.05) is 5.32 Å².